The van der Waals surface area contributed by atoms with E-state index in [1.165, 1.54) is 12.8 Å². The van der Waals surface area contributed by atoms with Gasteiger partial charge < -0.3 is 4.52 Å². The van der Waals surface area contributed by atoms with Crippen molar-refractivity contribution in [2.75, 3.05) is 6.54 Å². The van der Waals surface area contributed by atoms with E-state index in [1.54, 1.807) is 0 Å². The van der Waals surface area contributed by atoms with E-state index in [2.05, 4.69) is 32.0 Å². The average Bonchev–Trinajstić information content (AvgIpc) is 3.05. The SMILES string of the molecule is Cc1noc([C@H](C)N2CCCC[C@@H]2Cn2nc(C)nc2C)n1. The fourth-order valence-electron chi connectivity index (χ4n) is 3.29. The molecule has 120 valence electrons. The van der Waals surface area contributed by atoms with E-state index in [0.29, 0.717) is 17.8 Å². The van der Waals surface area contributed by atoms with Crippen LogP contribution in [0.5, 0.6) is 0 Å². The summed E-state index contributed by atoms with van der Waals surface area (Å²) in [6.07, 6.45) is 3.63. The van der Waals surface area contributed by atoms with E-state index in [-0.39, 0.29) is 6.04 Å². The van der Waals surface area contributed by atoms with Crippen LogP contribution in [-0.4, -0.2) is 42.4 Å². The van der Waals surface area contributed by atoms with Crippen molar-refractivity contribution in [1.29, 1.82) is 0 Å². The predicted octanol–water partition coefficient (Wildman–Crippen LogP) is 2.20. The van der Waals surface area contributed by atoms with Gasteiger partial charge in [0, 0.05) is 6.04 Å². The van der Waals surface area contributed by atoms with Gasteiger partial charge in [-0.3, -0.25) is 4.90 Å². The number of aromatic nitrogens is 5. The highest BCUT2D eigenvalue weighted by Gasteiger charge is 2.30. The molecule has 1 saturated heterocycles. The molecule has 2 aromatic heterocycles. The molecule has 3 heterocycles. The lowest BCUT2D eigenvalue weighted by Crippen LogP contribution is -2.43. The van der Waals surface area contributed by atoms with Gasteiger partial charge >= 0.3 is 0 Å². The van der Waals surface area contributed by atoms with Gasteiger partial charge in [0.25, 0.3) is 0 Å². The van der Waals surface area contributed by atoms with Crippen molar-refractivity contribution in [1.82, 2.24) is 29.8 Å². The molecule has 0 unspecified atom stereocenters. The largest absolute Gasteiger partial charge is 0.338 e. The molecule has 1 aliphatic rings. The van der Waals surface area contributed by atoms with Crippen molar-refractivity contribution in [3.8, 4) is 0 Å². The van der Waals surface area contributed by atoms with E-state index >= 15 is 0 Å². The van der Waals surface area contributed by atoms with E-state index < -0.39 is 0 Å². The molecule has 2 aromatic rings. The first-order chi connectivity index (χ1) is 10.5. The van der Waals surface area contributed by atoms with Gasteiger partial charge in [-0.25, -0.2) is 9.67 Å². The summed E-state index contributed by atoms with van der Waals surface area (Å²) in [5, 5.41) is 8.42. The van der Waals surface area contributed by atoms with Crippen molar-refractivity contribution in [2.45, 2.75) is 65.6 Å². The van der Waals surface area contributed by atoms with E-state index in [9.17, 15) is 0 Å². The number of aryl methyl sites for hydroxylation is 3. The van der Waals surface area contributed by atoms with Crippen LogP contribution in [0.25, 0.3) is 0 Å². The summed E-state index contributed by atoms with van der Waals surface area (Å²) in [4.78, 5) is 11.3. The number of nitrogens with zero attached hydrogens (tertiary/aromatic N) is 6. The minimum atomic E-state index is 0.136. The molecule has 7 heteroatoms. The topological polar surface area (TPSA) is 72.9 Å². The molecule has 22 heavy (non-hydrogen) atoms. The number of piperidine rings is 1. The van der Waals surface area contributed by atoms with Gasteiger partial charge in [0.2, 0.25) is 5.89 Å². The molecule has 0 aromatic carbocycles. The Morgan fingerprint density at radius 3 is 2.64 bits per heavy atom. The summed E-state index contributed by atoms with van der Waals surface area (Å²) in [6.45, 7) is 9.87. The van der Waals surface area contributed by atoms with Gasteiger partial charge in [-0.1, -0.05) is 11.6 Å². The fourth-order valence-corrected chi connectivity index (χ4v) is 3.29. The summed E-state index contributed by atoms with van der Waals surface area (Å²) in [5.74, 6) is 3.21. The van der Waals surface area contributed by atoms with Gasteiger partial charge in [-0.05, 0) is 47.1 Å². The summed E-state index contributed by atoms with van der Waals surface area (Å²) in [7, 11) is 0. The number of likely N-dealkylation sites (tertiary alicyclic amines) is 1. The van der Waals surface area contributed by atoms with Crippen LogP contribution < -0.4 is 0 Å². The Morgan fingerprint density at radius 2 is 2.00 bits per heavy atom. The summed E-state index contributed by atoms with van der Waals surface area (Å²) in [6, 6.07) is 0.562. The van der Waals surface area contributed by atoms with Gasteiger partial charge in [0.15, 0.2) is 5.82 Å². The molecule has 0 bridgehead atoms. The fraction of sp³-hybridized carbons (Fsp3) is 0.733. The van der Waals surface area contributed by atoms with Crippen molar-refractivity contribution in [3.05, 3.63) is 23.4 Å². The molecule has 0 spiro atoms. The Morgan fingerprint density at radius 1 is 1.18 bits per heavy atom. The highest BCUT2D eigenvalue weighted by molar-refractivity contribution is 4.95. The Bertz CT molecular complexity index is 634. The highest BCUT2D eigenvalue weighted by Crippen LogP contribution is 2.28. The van der Waals surface area contributed by atoms with E-state index in [1.807, 2.05) is 25.5 Å². The molecule has 1 aliphatic heterocycles. The van der Waals surface area contributed by atoms with Crippen molar-refractivity contribution < 1.29 is 4.52 Å². The maximum Gasteiger partial charge on any atom is 0.243 e. The molecule has 3 rings (SSSR count). The van der Waals surface area contributed by atoms with Crippen LogP contribution >= 0.6 is 0 Å². The second kappa shape index (κ2) is 6.16. The Balaban J connectivity index is 1.77. The number of hydrogen-bond donors (Lipinski definition) is 0. The standard InChI is InChI=1S/C15H24N6O/c1-10(15-17-12(3)19-22-15)20-8-6-5-7-14(20)9-21-13(4)16-11(2)18-21/h10,14H,5-9H2,1-4H3/t10-,14+/m0/s1. The van der Waals surface area contributed by atoms with Crippen LogP contribution in [0.1, 0.15) is 55.6 Å². The first-order valence-electron chi connectivity index (χ1n) is 7.98. The average molecular weight is 304 g/mol. The second-order valence-corrected chi connectivity index (χ2v) is 6.13. The third kappa shape index (κ3) is 3.04. The van der Waals surface area contributed by atoms with Gasteiger partial charge in [-0.2, -0.15) is 10.1 Å². The minimum Gasteiger partial charge on any atom is -0.338 e. The Labute approximate surface area is 130 Å². The molecule has 7 nitrogen and oxygen atoms in total. The summed E-state index contributed by atoms with van der Waals surface area (Å²) >= 11 is 0. The monoisotopic (exact) mass is 304 g/mol. The van der Waals surface area contributed by atoms with Crippen LogP contribution in [0.4, 0.5) is 0 Å². The zero-order valence-corrected chi connectivity index (χ0v) is 13.8. The van der Waals surface area contributed by atoms with Gasteiger partial charge in [-0.15, -0.1) is 0 Å². The highest BCUT2D eigenvalue weighted by atomic mass is 16.5. The zero-order chi connectivity index (χ0) is 15.7. The molecule has 0 N–H and O–H groups in total. The molecular weight excluding hydrogens is 280 g/mol. The van der Waals surface area contributed by atoms with Crippen LogP contribution in [0.2, 0.25) is 0 Å². The lowest BCUT2D eigenvalue weighted by atomic mass is 10.00. The zero-order valence-electron chi connectivity index (χ0n) is 13.8. The lowest BCUT2D eigenvalue weighted by molar-refractivity contribution is 0.0714. The molecule has 0 radical (unpaired) electrons. The summed E-state index contributed by atoms with van der Waals surface area (Å²) in [5.41, 5.74) is 0. The quantitative estimate of drug-likeness (QED) is 0.862. The third-order valence-electron chi connectivity index (χ3n) is 4.42. The minimum absolute atomic E-state index is 0.136. The molecule has 0 aliphatic carbocycles. The smallest absolute Gasteiger partial charge is 0.243 e. The third-order valence-corrected chi connectivity index (χ3v) is 4.42. The van der Waals surface area contributed by atoms with Gasteiger partial charge in [0.1, 0.15) is 11.6 Å². The first-order valence-corrected chi connectivity index (χ1v) is 7.98. The van der Waals surface area contributed by atoms with Crippen LogP contribution in [0, 0.1) is 20.8 Å². The predicted molar refractivity (Wildman–Crippen MR) is 81.3 cm³/mol. The van der Waals surface area contributed by atoms with Crippen LogP contribution in [-0.2, 0) is 6.54 Å². The normalized spacial score (nSPS) is 21.2. The van der Waals surface area contributed by atoms with Crippen LogP contribution in [0.3, 0.4) is 0 Å². The maximum absolute atomic E-state index is 5.37. The van der Waals surface area contributed by atoms with Crippen molar-refractivity contribution >= 4 is 0 Å². The lowest BCUT2D eigenvalue weighted by Gasteiger charge is -2.38. The van der Waals surface area contributed by atoms with Gasteiger partial charge in [0.05, 0.1) is 12.6 Å². The Kier molecular flexibility index (Phi) is 4.24. The molecule has 2 atom stereocenters. The summed E-state index contributed by atoms with van der Waals surface area (Å²) < 4.78 is 7.39. The number of rotatable bonds is 4. The number of hydrogen-bond acceptors (Lipinski definition) is 6. The van der Waals surface area contributed by atoms with Crippen molar-refractivity contribution in [2.24, 2.45) is 0 Å². The maximum atomic E-state index is 5.37. The molecule has 1 fully saturated rings. The Hall–Kier alpha value is -1.76. The second-order valence-electron chi connectivity index (χ2n) is 6.13. The molecular formula is C15H24N6O. The van der Waals surface area contributed by atoms with E-state index in [4.69, 9.17) is 4.52 Å². The van der Waals surface area contributed by atoms with E-state index in [0.717, 1.165) is 31.2 Å². The first kappa shape index (κ1) is 15.1. The van der Waals surface area contributed by atoms with Crippen LogP contribution in [0.15, 0.2) is 4.52 Å². The molecule has 0 amide bonds. The van der Waals surface area contributed by atoms with Crippen molar-refractivity contribution in [3.63, 3.8) is 0 Å². The molecule has 0 saturated carbocycles.